The zero-order valence-electron chi connectivity index (χ0n) is 15.1. The molecule has 0 spiro atoms. The molecule has 9 heteroatoms. The van der Waals surface area contributed by atoms with Gasteiger partial charge in [-0.1, -0.05) is 47.7 Å². The number of nitrogens with one attached hydrogen (secondary N) is 3. The lowest BCUT2D eigenvalue weighted by atomic mass is 10.2. The predicted octanol–water partition coefficient (Wildman–Crippen LogP) is 2.96. The number of hydrogen-bond donors (Lipinski definition) is 3. The molecule has 0 aliphatic rings. The van der Waals surface area contributed by atoms with Gasteiger partial charge in [-0.3, -0.25) is 14.9 Å². The van der Waals surface area contributed by atoms with Crippen LogP contribution in [0.4, 0.5) is 5.13 Å². The van der Waals surface area contributed by atoms with Crippen molar-refractivity contribution < 1.29 is 9.59 Å². The number of aromatic amines is 1. The maximum absolute atomic E-state index is 12.1. The maximum Gasteiger partial charge on any atom is 0.257 e. The van der Waals surface area contributed by atoms with E-state index in [9.17, 15) is 9.59 Å². The third-order valence-corrected chi connectivity index (χ3v) is 4.89. The summed E-state index contributed by atoms with van der Waals surface area (Å²) in [5.74, 6) is -0.598. The molecule has 0 saturated heterocycles. The molecule has 0 fully saturated rings. The lowest BCUT2D eigenvalue weighted by Crippen LogP contribution is -2.19. The van der Waals surface area contributed by atoms with Gasteiger partial charge in [0.1, 0.15) is 5.01 Å². The number of aromatic nitrogens is 3. The van der Waals surface area contributed by atoms with E-state index in [0.717, 1.165) is 27.8 Å². The van der Waals surface area contributed by atoms with Crippen molar-refractivity contribution in [3.05, 3.63) is 76.9 Å². The van der Waals surface area contributed by atoms with Gasteiger partial charge in [-0.2, -0.15) is 5.10 Å². The first-order chi connectivity index (χ1) is 14.2. The van der Waals surface area contributed by atoms with Gasteiger partial charge < -0.3 is 4.98 Å². The molecule has 0 saturated carbocycles. The molecule has 8 nitrogen and oxygen atoms in total. The van der Waals surface area contributed by atoms with Crippen LogP contribution in [0.1, 0.15) is 20.9 Å². The SMILES string of the molecule is O=C(Cc1nnc(NC(=O)c2ccccc2)s1)N/N=C/c1c[nH]c2ccccc12. The number of rotatable bonds is 6. The smallest absolute Gasteiger partial charge is 0.257 e. The minimum Gasteiger partial charge on any atom is -0.361 e. The Morgan fingerprint density at radius 1 is 1.07 bits per heavy atom. The number of hydrazone groups is 1. The maximum atomic E-state index is 12.1. The number of hydrogen-bond acceptors (Lipinski definition) is 6. The minimum atomic E-state index is -0.321. The summed E-state index contributed by atoms with van der Waals surface area (Å²) in [5.41, 5.74) is 4.88. The topological polar surface area (TPSA) is 112 Å². The van der Waals surface area contributed by atoms with Gasteiger partial charge in [0.15, 0.2) is 0 Å². The third-order valence-electron chi connectivity index (χ3n) is 4.05. The van der Waals surface area contributed by atoms with Crippen molar-refractivity contribution in [2.75, 3.05) is 5.32 Å². The van der Waals surface area contributed by atoms with Gasteiger partial charge in [-0.05, 0) is 18.2 Å². The second-order valence-corrected chi connectivity index (χ2v) is 7.14. The number of amides is 2. The van der Waals surface area contributed by atoms with Crippen LogP contribution >= 0.6 is 11.3 Å². The summed E-state index contributed by atoms with van der Waals surface area (Å²) in [4.78, 5) is 27.3. The van der Waals surface area contributed by atoms with E-state index in [2.05, 4.69) is 31.0 Å². The Hall–Kier alpha value is -3.85. The lowest BCUT2D eigenvalue weighted by Gasteiger charge is -1.99. The van der Waals surface area contributed by atoms with Gasteiger partial charge in [0.2, 0.25) is 11.0 Å². The zero-order chi connectivity index (χ0) is 20.1. The van der Waals surface area contributed by atoms with E-state index in [1.165, 1.54) is 0 Å². The zero-order valence-corrected chi connectivity index (χ0v) is 15.9. The fraction of sp³-hybridized carbons (Fsp3) is 0.0500. The Kier molecular flexibility index (Phi) is 5.39. The molecule has 29 heavy (non-hydrogen) atoms. The van der Waals surface area contributed by atoms with Crippen molar-refractivity contribution in [2.45, 2.75) is 6.42 Å². The number of para-hydroxylation sites is 1. The minimum absolute atomic E-state index is 0.0180. The summed E-state index contributed by atoms with van der Waals surface area (Å²) in [6, 6.07) is 16.6. The molecular weight excluding hydrogens is 388 g/mol. The Morgan fingerprint density at radius 2 is 1.86 bits per heavy atom. The normalized spacial score (nSPS) is 11.0. The van der Waals surface area contributed by atoms with E-state index >= 15 is 0 Å². The monoisotopic (exact) mass is 404 g/mol. The molecule has 0 aliphatic heterocycles. The first-order valence-electron chi connectivity index (χ1n) is 8.76. The number of benzene rings is 2. The van der Waals surface area contributed by atoms with Crippen LogP contribution in [0.3, 0.4) is 0 Å². The number of H-pyrrole nitrogens is 1. The van der Waals surface area contributed by atoms with Crippen LogP contribution in [0.5, 0.6) is 0 Å². The molecule has 3 N–H and O–H groups in total. The molecule has 2 amide bonds. The number of nitrogens with zero attached hydrogens (tertiary/aromatic N) is 3. The van der Waals surface area contributed by atoms with Crippen molar-refractivity contribution in [3.8, 4) is 0 Å². The van der Waals surface area contributed by atoms with Gasteiger partial charge in [0, 0.05) is 28.2 Å². The first kappa shape index (κ1) is 18.5. The molecule has 2 heterocycles. The fourth-order valence-corrected chi connectivity index (χ4v) is 3.42. The average molecular weight is 404 g/mol. The summed E-state index contributed by atoms with van der Waals surface area (Å²) >= 11 is 1.15. The Labute approximate surface area is 169 Å². The highest BCUT2D eigenvalue weighted by Gasteiger charge is 2.12. The highest BCUT2D eigenvalue weighted by Crippen LogP contribution is 2.17. The van der Waals surface area contributed by atoms with E-state index in [4.69, 9.17) is 0 Å². The molecule has 144 valence electrons. The van der Waals surface area contributed by atoms with Crippen molar-refractivity contribution in [1.29, 1.82) is 0 Å². The molecule has 2 aromatic carbocycles. The van der Waals surface area contributed by atoms with E-state index in [1.807, 2.05) is 36.5 Å². The van der Waals surface area contributed by atoms with Crippen LogP contribution < -0.4 is 10.7 Å². The van der Waals surface area contributed by atoms with Crippen LogP contribution in [0.25, 0.3) is 10.9 Å². The molecule has 4 rings (SSSR count). The number of carbonyl (C=O) groups is 2. The molecule has 0 atom stereocenters. The van der Waals surface area contributed by atoms with Crippen LogP contribution in [0, 0.1) is 0 Å². The summed E-state index contributed by atoms with van der Waals surface area (Å²) < 4.78 is 0. The largest absolute Gasteiger partial charge is 0.361 e. The quantitative estimate of drug-likeness (QED) is 0.339. The van der Waals surface area contributed by atoms with Crippen LogP contribution in [-0.2, 0) is 11.2 Å². The highest BCUT2D eigenvalue weighted by atomic mass is 32.1. The predicted molar refractivity (Wildman–Crippen MR) is 112 cm³/mol. The first-order valence-corrected chi connectivity index (χ1v) is 9.57. The van der Waals surface area contributed by atoms with E-state index < -0.39 is 0 Å². The number of anilines is 1. The van der Waals surface area contributed by atoms with E-state index in [0.29, 0.717) is 15.7 Å². The van der Waals surface area contributed by atoms with Crippen LogP contribution in [-0.4, -0.2) is 33.2 Å². The molecular formula is C20H16N6O2S. The molecule has 0 bridgehead atoms. The Bertz CT molecular complexity index is 1180. The number of carbonyl (C=O) groups excluding carboxylic acids is 2. The molecule has 0 unspecified atom stereocenters. The fourth-order valence-electron chi connectivity index (χ4n) is 2.69. The summed E-state index contributed by atoms with van der Waals surface area (Å²) in [6.45, 7) is 0. The lowest BCUT2D eigenvalue weighted by molar-refractivity contribution is -0.120. The third kappa shape index (κ3) is 4.53. The molecule has 0 aliphatic carbocycles. The second-order valence-electron chi connectivity index (χ2n) is 6.08. The standard InChI is InChI=1S/C20H16N6O2S/c27-17(24-22-12-14-11-21-16-9-5-4-8-15(14)16)10-18-25-26-20(29-18)23-19(28)13-6-2-1-3-7-13/h1-9,11-12,21H,10H2,(H,24,27)(H,23,26,28)/b22-12+. The summed E-state index contributed by atoms with van der Waals surface area (Å²) in [7, 11) is 0. The van der Waals surface area contributed by atoms with Gasteiger partial charge in [-0.15, -0.1) is 10.2 Å². The molecule has 2 aromatic heterocycles. The van der Waals surface area contributed by atoms with Crippen molar-refractivity contribution in [2.24, 2.45) is 5.10 Å². The van der Waals surface area contributed by atoms with Gasteiger partial charge in [-0.25, -0.2) is 5.43 Å². The summed E-state index contributed by atoms with van der Waals surface area (Å²) in [6.07, 6.45) is 3.43. The number of fused-ring (bicyclic) bond motifs is 1. The second kappa shape index (κ2) is 8.44. The van der Waals surface area contributed by atoms with E-state index in [1.54, 1.807) is 30.5 Å². The summed E-state index contributed by atoms with van der Waals surface area (Å²) in [5, 5.41) is 16.3. The Morgan fingerprint density at radius 3 is 2.72 bits per heavy atom. The van der Waals surface area contributed by atoms with Crippen molar-refractivity contribution in [3.63, 3.8) is 0 Å². The van der Waals surface area contributed by atoms with Gasteiger partial charge in [0.05, 0.1) is 12.6 Å². The van der Waals surface area contributed by atoms with E-state index in [-0.39, 0.29) is 18.2 Å². The van der Waals surface area contributed by atoms with Gasteiger partial charge >= 0.3 is 0 Å². The Balaban J connectivity index is 1.31. The highest BCUT2D eigenvalue weighted by molar-refractivity contribution is 7.15. The van der Waals surface area contributed by atoms with Crippen LogP contribution in [0.15, 0.2) is 65.9 Å². The van der Waals surface area contributed by atoms with Gasteiger partial charge in [0.25, 0.3) is 5.91 Å². The molecule has 4 aromatic rings. The molecule has 0 radical (unpaired) electrons. The average Bonchev–Trinajstić information content (AvgIpc) is 3.35. The van der Waals surface area contributed by atoms with Crippen molar-refractivity contribution in [1.82, 2.24) is 20.6 Å². The van der Waals surface area contributed by atoms with Crippen LogP contribution in [0.2, 0.25) is 0 Å². The van der Waals surface area contributed by atoms with Crippen molar-refractivity contribution >= 4 is 45.4 Å².